The molecule has 1 aromatic carbocycles. The molecule has 1 atom stereocenters. The Morgan fingerprint density at radius 3 is 2.35 bits per heavy atom. The van der Waals surface area contributed by atoms with E-state index in [1.165, 1.54) is 0 Å². The van der Waals surface area contributed by atoms with Crippen LogP contribution in [0, 0.1) is 5.92 Å². The largest absolute Gasteiger partial charge is 0.374 e. The van der Waals surface area contributed by atoms with Gasteiger partial charge in [-0.25, -0.2) is 0 Å². The van der Waals surface area contributed by atoms with Crippen molar-refractivity contribution >= 4 is 17.4 Å². The fourth-order valence-electron chi connectivity index (χ4n) is 3.14. The number of hydrogen-bond acceptors (Lipinski definition) is 5. The molecule has 1 aliphatic rings. The first-order chi connectivity index (χ1) is 12.3. The van der Waals surface area contributed by atoms with E-state index in [0.29, 0.717) is 19.0 Å². The summed E-state index contributed by atoms with van der Waals surface area (Å²) < 4.78 is 0. The predicted octanol–water partition coefficient (Wildman–Crippen LogP) is 1.33. The van der Waals surface area contributed by atoms with E-state index in [1.54, 1.807) is 6.92 Å². The van der Waals surface area contributed by atoms with Crippen LogP contribution in [-0.4, -0.2) is 81.4 Å². The second-order valence-corrected chi connectivity index (χ2v) is 7.47. The van der Waals surface area contributed by atoms with Gasteiger partial charge in [-0.1, -0.05) is 6.92 Å². The first kappa shape index (κ1) is 20.4. The second-order valence-electron chi connectivity index (χ2n) is 7.47. The minimum atomic E-state index is 0.0793. The number of carbonyl (C=O) groups is 2. The van der Waals surface area contributed by atoms with Crippen LogP contribution >= 0.6 is 0 Å². The minimum Gasteiger partial charge on any atom is -0.374 e. The average molecular weight is 361 g/mol. The summed E-state index contributed by atoms with van der Waals surface area (Å²) in [6.45, 7) is 9.67. The lowest BCUT2D eigenvalue weighted by Crippen LogP contribution is -2.48. The van der Waals surface area contributed by atoms with Crippen LogP contribution in [0.1, 0.15) is 24.2 Å². The number of Topliss-reactive ketones (excluding diaryl/α,β-unsaturated/α-hetero) is 1. The molecule has 1 aromatic rings. The number of carbonyl (C=O) groups excluding carboxylic acids is 2. The first-order valence-corrected chi connectivity index (χ1v) is 9.35. The summed E-state index contributed by atoms with van der Waals surface area (Å²) in [5, 5.41) is 3.06. The van der Waals surface area contributed by atoms with E-state index in [9.17, 15) is 9.59 Å². The fourth-order valence-corrected chi connectivity index (χ4v) is 3.14. The van der Waals surface area contributed by atoms with Gasteiger partial charge in [0, 0.05) is 57.6 Å². The molecule has 1 saturated heterocycles. The molecule has 1 unspecified atom stereocenters. The lowest BCUT2D eigenvalue weighted by molar-refractivity contribution is -0.122. The number of anilines is 1. The summed E-state index contributed by atoms with van der Waals surface area (Å²) >= 11 is 0. The molecule has 0 bridgehead atoms. The van der Waals surface area contributed by atoms with Crippen LogP contribution in [0.5, 0.6) is 0 Å². The number of ketones is 1. The van der Waals surface area contributed by atoms with Crippen molar-refractivity contribution in [2.24, 2.45) is 5.92 Å². The van der Waals surface area contributed by atoms with Crippen molar-refractivity contribution in [1.29, 1.82) is 0 Å². The van der Waals surface area contributed by atoms with E-state index < -0.39 is 0 Å². The zero-order valence-electron chi connectivity index (χ0n) is 16.5. The molecule has 26 heavy (non-hydrogen) atoms. The molecule has 6 nitrogen and oxygen atoms in total. The zero-order valence-corrected chi connectivity index (χ0v) is 16.5. The minimum absolute atomic E-state index is 0.0793. The lowest BCUT2D eigenvalue weighted by Gasteiger charge is -2.32. The van der Waals surface area contributed by atoms with Crippen molar-refractivity contribution in [1.82, 2.24) is 15.1 Å². The van der Waals surface area contributed by atoms with E-state index in [0.717, 1.165) is 44.0 Å². The molecule has 6 heteroatoms. The van der Waals surface area contributed by atoms with Crippen molar-refractivity contribution in [2.75, 3.05) is 64.8 Å². The van der Waals surface area contributed by atoms with Crippen LogP contribution in [-0.2, 0) is 4.79 Å². The first-order valence-electron chi connectivity index (χ1n) is 9.35. The van der Waals surface area contributed by atoms with Crippen LogP contribution in [0.2, 0.25) is 0 Å². The van der Waals surface area contributed by atoms with Crippen molar-refractivity contribution in [3.05, 3.63) is 29.8 Å². The zero-order chi connectivity index (χ0) is 19.1. The maximum Gasteiger partial charge on any atom is 0.234 e. The third kappa shape index (κ3) is 6.42. The normalized spacial score (nSPS) is 16.9. The van der Waals surface area contributed by atoms with Gasteiger partial charge in [0.2, 0.25) is 5.91 Å². The number of nitrogens with zero attached hydrogens (tertiary/aromatic N) is 3. The van der Waals surface area contributed by atoms with Gasteiger partial charge in [-0.05, 0) is 44.2 Å². The van der Waals surface area contributed by atoms with E-state index in [1.807, 2.05) is 31.3 Å². The molecule has 0 aromatic heterocycles. The summed E-state index contributed by atoms with van der Waals surface area (Å²) in [7, 11) is 4.15. The van der Waals surface area contributed by atoms with E-state index in [4.69, 9.17) is 0 Å². The molecule has 144 valence electrons. The number of hydrogen-bond donors (Lipinski definition) is 1. The van der Waals surface area contributed by atoms with Crippen molar-refractivity contribution in [2.45, 2.75) is 13.8 Å². The van der Waals surface area contributed by atoms with Crippen molar-refractivity contribution < 1.29 is 9.59 Å². The van der Waals surface area contributed by atoms with Crippen LogP contribution < -0.4 is 10.2 Å². The number of amides is 1. The molecule has 1 aliphatic heterocycles. The second kappa shape index (κ2) is 9.69. The van der Waals surface area contributed by atoms with E-state index in [2.05, 4.69) is 34.0 Å². The number of rotatable bonds is 8. The highest BCUT2D eigenvalue weighted by Crippen LogP contribution is 2.15. The highest BCUT2D eigenvalue weighted by molar-refractivity contribution is 5.94. The van der Waals surface area contributed by atoms with Crippen molar-refractivity contribution in [3.63, 3.8) is 0 Å². The van der Waals surface area contributed by atoms with Crippen LogP contribution in [0.4, 0.5) is 5.69 Å². The van der Waals surface area contributed by atoms with Gasteiger partial charge in [0.1, 0.15) is 0 Å². The number of likely N-dealkylation sites (N-methyl/N-ethyl adjacent to an activating group) is 1. The van der Waals surface area contributed by atoms with Gasteiger partial charge < -0.3 is 15.1 Å². The van der Waals surface area contributed by atoms with Gasteiger partial charge >= 0.3 is 0 Å². The summed E-state index contributed by atoms with van der Waals surface area (Å²) in [6, 6.07) is 7.65. The van der Waals surface area contributed by atoms with Crippen molar-refractivity contribution in [3.8, 4) is 0 Å². The summed E-state index contributed by atoms with van der Waals surface area (Å²) in [5.41, 5.74) is 1.80. The predicted molar refractivity (Wildman–Crippen MR) is 106 cm³/mol. The summed E-state index contributed by atoms with van der Waals surface area (Å²) in [6.07, 6.45) is 0. The lowest BCUT2D eigenvalue weighted by atomic mass is 10.1. The Kier molecular flexibility index (Phi) is 7.60. The van der Waals surface area contributed by atoms with E-state index >= 15 is 0 Å². The molecule has 1 amide bonds. The SMILES string of the molecule is CC(=O)c1ccc(N(C)CC(C)CNC(=O)CN2CCN(C)CC2)cc1. The van der Waals surface area contributed by atoms with Gasteiger partial charge in [0.15, 0.2) is 5.78 Å². The number of nitrogens with one attached hydrogen (secondary N) is 1. The Hall–Kier alpha value is -1.92. The topological polar surface area (TPSA) is 55.9 Å². The standard InChI is InChI=1S/C20H32N4O2/c1-16(13-21-20(26)15-24-11-9-22(3)10-12-24)14-23(4)19-7-5-18(6-8-19)17(2)25/h5-8,16H,9-15H2,1-4H3,(H,21,26). The smallest absolute Gasteiger partial charge is 0.234 e. The van der Waals surface area contributed by atoms with Crippen LogP contribution in [0.3, 0.4) is 0 Å². The molecule has 0 spiro atoms. The molecule has 0 radical (unpaired) electrons. The highest BCUT2D eigenvalue weighted by atomic mass is 16.2. The quantitative estimate of drug-likeness (QED) is 0.709. The van der Waals surface area contributed by atoms with E-state index in [-0.39, 0.29) is 11.7 Å². The molecule has 2 rings (SSSR count). The third-order valence-electron chi connectivity index (χ3n) is 4.91. The number of piperazine rings is 1. The Morgan fingerprint density at radius 2 is 1.77 bits per heavy atom. The van der Waals surface area contributed by atoms with Gasteiger partial charge in [-0.3, -0.25) is 14.5 Å². The Balaban J connectivity index is 1.71. The third-order valence-corrected chi connectivity index (χ3v) is 4.91. The summed E-state index contributed by atoms with van der Waals surface area (Å²) in [4.78, 5) is 30.1. The van der Waals surface area contributed by atoms with Gasteiger partial charge in [-0.2, -0.15) is 0 Å². The monoisotopic (exact) mass is 360 g/mol. The molecule has 0 saturated carbocycles. The number of benzene rings is 1. The van der Waals surface area contributed by atoms with Gasteiger partial charge in [0.25, 0.3) is 0 Å². The Morgan fingerprint density at radius 1 is 1.15 bits per heavy atom. The highest BCUT2D eigenvalue weighted by Gasteiger charge is 2.17. The van der Waals surface area contributed by atoms with Gasteiger partial charge in [0.05, 0.1) is 6.54 Å². The Bertz CT molecular complexity index is 594. The summed E-state index contributed by atoms with van der Waals surface area (Å²) in [5.74, 6) is 0.523. The van der Waals surface area contributed by atoms with Crippen LogP contribution in [0.15, 0.2) is 24.3 Å². The fraction of sp³-hybridized carbons (Fsp3) is 0.600. The Labute approximate surface area is 157 Å². The van der Waals surface area contributed by atoms with Gasteiger partial charge in [-0.15, -0.1) is 0 Å². The molecular weight excluding hydrogens is 328 g/mol. The molecule has 1 heterocycles. The molecular formula is C20H32N4O2. The molecule has 0 aliphatic carbocycles. The molecule has 1 fully saturated rings. The van der Waals surface area contributed by atoms with Crippen LogP contribution in [0.25, 0.3) is 0 Å². The molecule has 1 N–H and O–H groups in total. The maximum atomic E-state index is 12.1. The average Bonchev–Trinajstić information content (AvgIpc) is 2.62. The maximum absolute atomic E-state index is 12.1.